The van der Waals surface area contributed by atoms with E-state index in [0.29, 0.717) is 17.2 Å². The third-order valence-electron chi connectivity index (χ3n) is 2.54. The van der Waals surface area contributed by atoms with Crippen molar-refractivity contribution >= 4 is 0 Å². The van der Waals surface area contributed by atoms with Crippen LogP contribution in [-0.2, 0) is 13.6 Å². The van der Waals surface area contributed by atoms with Crippen LogP contribution >= 0.6 is 0 Å². The number of ether oxygens (including phenoxy) is 1. The van der Waals surface area contributed by atoms with E-state index in [1.54, 1.807) is 23.9 Å². The lowest BCUT2D eigenvalue weighted by atomic mass is 10.2. The van der Waals surface area contributed by atoms with Gasteiger partial charge in [-0.2, -0.15) is 5.10 Å². The normalized spacial score (nSPS) is 11.1. The first-order valence-corrected chi connectivity index (χ1v) is 6.07. The van der Waals surface area contributed by atoms with Gasteiger partial charge < -0.3 is 10.5 Å². The van der Waals surface area contributed by atoms with E-state index in [0.717, 1.165) is 0 Å². The molecule has 0 aliphatic carbocycles. The maximum atomic E-state index is 13.9. The predicted octanol–water partition coefficient (Wildman–Crippen LogP) is 1.87. The van der Waals surface area contributed by atoms with Gasteiger partial charge in [-0.1, -0.05) is 0 Å². The molecule has 1 aromatic carbocycles. The van der Waals surface area contributed by atoms with Crippen molar-refractivity contribution in [3.05, 3.63) is 29.8 Å². The van der Waals surface area contributed by atoms with Crippen molar-refractivity contribution in [3.8, 4) is 17.1 Å². The zero-order valence-electron chi connectivity index (χ0n) is 11.2. The molecule has 0 saturated heterocycles. The average Bonchev–Trinajstić information content (AvgIpc) is 2.73. The van der Waals surface area contributed by atoms with Crippen molar-refractivity contribution in [2.45, 2.75) is 26.5 Å². The average molecular weight is 264 g/mol. The van der Waals surface area contributed by atoms with Gasteiger partial charge in [0.05, 0.1) is 12.6 Å². The molecule has 1 aromatic heterocycles. The molecule has 2 rings (SSSR count). The maximum Gasteiger partial charge on any atom is 0.165 e. The number of rotatable bonds is 4. The highest BCUT2D eigenvalue weighted by molar-refractivity contribution is 5.57. The van der Waals surface area contributed by atoms with Crippen LogP contribution in [0.4, 0.5) is 4.39 Å². The summed E-state index contributed by atoms with van der Waals surface area (Å²) in [6.07, 6.45) is -0.0704. The second-order valence-electron chi connectivity index (χ2n) is 4.49. The number of aryl methyl sites for hydroxylation is 1. The number of hydrogen-bond donors (Lipinski definition) is 1. The van der Waals surface area contributed by atoms with Crippen LogP contribution in [0, 0.1) is 5.82 Å². The maximum absolute atomic E-state index is 13.9. The summed E-state index contributed by atoms with van der Waals surface area (Å²) in [5.74, 6) is 0.930. The van der Waals surface area contributed by atoms with E-state index in [2.05, 4.69) is 10.1 Å². The summed E-state index contributed by atoms with van der Waals surface area (Å²) in [5.41, 5.74) is 6.13. The summed E-state index contributed by atoms with van der Waals surface area (Å²) in [5, 5.41) is 4.13. The summed E-state index contributed by atoms with van der Waals surface area (Å²) >= 11 is 0. The van der Waals surface area contributed by atoms with Crippen molar-refractivity contribution in [1.82, 2.24) is 14.8 Å². The van der Waals surface area contributed by atoms with E-state index in [-0.39, 0.29) is 18.4 Å². The quantitative estimate of drug-likeness (QED) is 0.915. The molecule has 19 heavy (non-hydrogen) atoms. The highest BCUT2D eigenvalue weighted by Crippen LogP contribution is 2.25. The Labute approximate surface area is 111 Å². The van der Waals surface area contributed by atoms with E-state index in [9.17, 15) is 4.39 Å². The second kappa shape index (κ2) is 5.36. The first-order chi connectivity index (χ1) is 9.01. The van der Waals surface area contributed by atoms with Gasteiger partial charge in [-0.15, -0.1) is 0 Å². The van der Waals surface area contributed by atoms with E-state index < -0.39 is 5.82 Å². The van der Waals surface area contributed by atoms with Crippen molar-refractivity contribution < 1.29 is 9.13 Å². The molecular weight excluding hydrogens is 247 g/mol. The molecule has 0 spiro atoms. The second-order valence-corrected chi connectivity index (χ2v) is 4.49. The molecule has 0 atom stereocenters. The first-order valence-electron chi connectivity index (χ1n) is 6.07. The summed E-state index contributed by atoms with van der Waals surface area (Å²) in [6, 6.07) is 4.74. The largest absolute Gasteiger partial charge is 0.488 e. The Balaban J connectivity index is 2.35. The van der Waals surface area contributed by atoms with Gasteiger partial charge in [-0.05, 0) is 32.0 Å². The van der Waals surface area contributed by atoms with Crippen LogP contribution in [0.1, 0.15) is 19.7 Å². The Morgan fingerprint density at radius 1 is 1.42 bits per heavy atom. The van der Waals surface area contributed by atoms with Gasteiger partial charge in [-0.25, -0.2) is 14.1 Å². The Bertz CT molecular complexity index is 580. The number of aromatic nitrogens is 3. The van der Waals surface area contributed by atoms with Gasteiger partial charge in [0.25, 0.3) is 0 Å². The van der Waals surface area contributed by atoms with E-state index in [1.807, 2.05) is 13.8 Å². The molecule has 0 bridgehead atoms. The van der Waals surface area contributed by atoms with Gasteiger partial charge >= 0.3 is 0 Å². The lowest BCUT2D eigenvalue weighted by molar-refractivity contribution is 0.231. The molecule has 1 heterocycles. The fourth-order valence-corrected chi connectivity index (χ4v) is 1.76. The Hall–Kier alpha value is -1.95. The highest BCUT2D eigenvalue weighted by Gasteiger charge is 2.12. The summed E-state index contributed by atoms with van der Waals surface area (Å²) in [6.45, 7) is 3.96. The fourth-order valence-electron chi connectivity index (χ4n) is 1.76. The molecule has 0 radical (unpaired) electrons. The smallest absolute Gasteiger partial charge is 0.165 e. The van der Waals surface area contributed by atoms with Crippen LogP contribution in [-0.4, -0.2) is 20.9 Å². The predicted molar refractivity (Wildman–Crippen MR) is 70.1 cm³/mol. The number of nitrogens with two attached hydrogens (primary N) is 1. The summed E-state index contributed by atoms with van der Waals surface area (Å²) < 4.78 is 20.8. The standard InChI is InChI=1S/C13H17FN4O/c1-8(2)19-11-5-4-9(6-10(11)14)13-16-12(7-15)17-18(13)3/h4-6,8H,7,15H2,1-3H3. The minimum atomic E-state index is -0.413. The minimum absolute atomic E-state index is 0.0704. The van der Waals surface area contributed by atoms with Crippen molar-refractivity contribution in [3.63, 3.8) is 0 Å². The Morgan fingerprint density at radius 2 is 2.16 bits per heavy atom. The monoisotopic (exact) mass is 264 g/mol. The number of hydrogen-bond acceptors (Lipinski definition) is 4. The number of nitrogens with zero attached hydrogens (tertiary/aromatic N) is 3. The summed E-state index contributed by atoms with van der Waals surface area (Å²) in [7, 11) is 1.75. The topological polar surface area (TPSA) is 66.0 Å². The Morgan fingerprint density at radius 3 is 2.68 bits per heavy atom. The lowest BCUT2D eigenvalue weighted by Gasteiger charge is -2.11. The van der Waals surface area contributed by atoms with Gasteiger partial charge in [0, 0.05) is 12.6 Å². The zero-order chi connectivity index (χ0) is 14.0. The number of halogens is 1. The molecule has 102 valence electrons. The Kier molecular flexibility index (Phi) is 3.80. The summed E-state index contributed by atoms with van der Waals surface area (Å²) in [4.78, 5) is 4.25. The third-order valence-corrected chi connectivity index (χ3v) is 2.54. The SMILES string of the molecule is CC(C)Oc1ccc(-c2nc(CN)nn2C)cc1F. The molecule has 0 aliphatic rings. The molecule has 5 nitrogen and oxygen atoms in total. The molecule has 0 unspecified atom stereocenters. The molecule has 0 saturated carbocycles. The lowest BCUT2D eigenvalue weighted by Crippen LogP contribution is -2.07. The molecule has 6 heteroatoms. The zero-order valence-corrected chi connectivity index (χ0v) is 11.2. The highest BCUT2D eigenvalue weighted by atomic mass is 19.1. The van der Waals surface area contributed by atoms with Crippen molar-refractivity contribution in [2.75, 3.05) is 0 Å². The van der Waals surface area contributed by atoms with Crippen LogP contribution in [0.2, 0.25) is 0 Å². The van der Waals surface area contributed by atoms with Gasteiger partial charge in [0.1, 0.15) is 0 Å². The fraction of sp³-hybridized carbons (Fsp3) is 0.385. The number of benzene rings is 1. The molecule has 0 aliphatic heterocycles. The molecular formula is C13H17FN4O. The molecule has 0 fully saturated rings. The van der Waals surface area contributed by atoms with Crippen LogP contribution in [0.15, 0.2) is 18.2 Å². The van der Waals surface area contributed by atoms with Crippen LogP contribution in [0.25, 0.3) is 11.4 Å². The molecule has 0 amide bonds. The van der Waals surface area contributed by atoms with Crippen LogP contribution in [0.3, 0.4) is 0 Å². The molecule has 2 N–H and O–H groups in total. The minimum Gasteiger partial charge on any atom is -0.488 e. The third kappa shape index (κ3) is 2.90. The van der Waals surface area contributed by atoms with Gasteiger partial charge in [-0.3, -0.25) is 0 Å². The van der Waals surface area contributed by atoms with Crippen molar-refractivity contribution in [1.29, 1.82) is 0 Å². The van der Waals surface area contributed by atoms with Crippen LogP contribution < -0.4 is 10.5 Å². The van der Waals surface area contributed by atoms with E-state index in [4.69, 9.17) is 10.5 Å². The van der Waals surface area contributed by atoms with Gasteiger partial charge in [0.15, 0.2) is 23.2 Å². The van der Waals surface area contributed by atoms with Crippen molar-refractivity contribution in [2.24, 2.45) is 12.8 Å². The van der Waals surface area contributed by atoms with Gasteiger partial charge in [0.2, 0.25) is 0 Å². The first kappa shape index (κ1) is 13.5. The molecule has 2 aromatic rings. The van der Waals surface area contributed by atoms with Crippen LogP contribution in [0.5, 0.6) is 5.75 Å². The van der Waals surface area contributed by atoms with E-state index >= 15 is 0 Å². The van der Waals surface area contributed by atoms with E-state index in [1.165, 1.54) is 6.07 Å².